The SMILES string of the molecule is N[C@@H](Cc1ccc(O)cc1)C(=O)N[C@@H](Cc1ccc(O)cc1)C(=O)N[C@H](C=O)Cc1ccc(O)cc1. The van der Waals surface area contributed by atoms with Gasteiger partial charge in [-0.05, 0) is 65.9 Å². The van der Waals surface area contributed by atoms with E-state index in [-0.39, 0.29) is 36.5 Å². The van der Waals surface area contributed by atoms with E-state index in [1.807, 2.05) is 0 Å². The number of carbonyl (C=O) groups is 3. The van der Waals surface area contributed by atoms with Crippen molar-refractivity contribution in [2.45, 2.75) is 37.4 Å². The molecule has 3 rings (SSSR count). The standard InChI is InChI=1S/C27H29N3O6/c28-24(14-18-3-9-22(33)10-4-18)26(35)30-25(15-19-5-11-23(34)12-6-19)27(36)29-20(16-31)13-17-1-7-21(32)8-2-17/h1-12,16,20,24-25,32-34H,13-15,28H2,(H,29,36)(H,30,35)/t20-,24-,25-/m0/s1. The Morgan fingerprint density at radius 2 is 1.08 bits per heavy atom. The van der Waals surface area contributed by atoms with Gasteiger partial charge in [-0.1, -0.05) is 36.4 Å². The van der Waals surface area contributed by atoms with E-state index in [2.05, 4.69) is 10.6 Å². The molecule has 36 heavy (non-hydrogen) atoms. The van der Waals surface area contributed by atoms with E-state index in [1.165, 1.54) is 36.4 Å². The first kappa shape index (κ1) is 26.2. The maximum Gasteiger partial charge on any atom is 0.243 e. The lowest BCUT2D eigenvalue weighted by molar-refractivity contribution is -0.130. The van der Waals surface area contributed by atoms with Crippen LogP contribution in [0.2, 0.25) is 0 Å². The Balaban J connectivity index is 1.71. The summed E-state index contributed by atoms with van der Waals surface area (Å²) in [7, 11) is 0. The number of phenolic OH excluding ortho intramolecular Hbond substituents is 3. The van der Waals surface area contributed by atoms with Crippen molar-refractivity contribution in [1.82, 2.24) is 10.6 Å². The first-order chi connectivity index (χ1) is 17.2. The minimum Gasteiger partial charge on any atom is -0.508 e. The number of nitrogens with two attached hydrogens (primary N) is 1. The minimum atomic E-state index is -1.03. The quantitative estimate of drug-likeness (QED) is 0.220. The predicted molar refractivity (Wildman–Crippen MR) is 133 cm³/mol. The van der Waals surface area contributed by atoms with Gasteiger partial charge in [0.15, 0.2) is 0 Å². The van der Waals surface area contributed by atoms with Gasteiger partial charge in [-0.2, -0.15) is 0 Å². The zero-order valence-corrected chi connectivity index (χ0v) is 19.5. The van der Waals surface area contributed by atoms with Gasteiger partial charge in [0.25, 0.3) is 0 Å². The van der Waals surface area contributed by atoms with Crippen molar-refractivity contribution in [2.75, 3.05) is 0 Å². The number of aromatic hydroxyl groups is 3. The molecule has 0 heterocycles. The lowest BCUT2D eigenvalue weighted by Crippen LogP contribution is -2.55. The Kier molecular flexibility index (Phi) is 9.01. The van der Waals surface area contributed by atoms with Gasteiger partial charge in [0.1, 0.15) is 29.6 Å². The van der Waals surface area contributed by atoms with E-state index in [0.29, 0.717) is 11.8 Å². The molecule has 3 aromatic rings. The fourth-order valence-electron chi connectivity index (χ4n) is 3.64. The third-order valence-electron chi connectivity index (χ3n) is 5.62. The summed E-state index contributed by atoms with van der Waals surface area (Å²) in [6.45, 7) is 0. The molecule has 0 spiro atoms. The number of phenols is 3. The van der Waals surface area contributed by atoms with E-state index in [4.69, 9.17) is 5.73 Å². The second kappa shape index (κ2) is 12.4. The van der Waals surface area contributed by atoms with Gasteiger partial charge in [-0.3, -0.25) is 9.59 Å². The van der Waals surface area contributed by atoms with Crippen molar-refractivity contribution in [3.63, 3.8) is 0 Å². The first-order valence-corrected chi connectivity index (χ1v) is 11.4. The van der Waals surface area contributed by atoms with Crippen LogP contribution in [0.25, 0.3) is 0 Å². The highest BCUT2D eigenvalue weighted by Gasteiger charge is 2.26. The summed E-state index contributed by atoms with van der Waals surface area (Å²) in [4.78, 5) is 37.7. The van der Waals surface area contributed by atoms with Crippen molar-refractivity contribution < 1.29 is 29.7 Å². The Morgan fingerprint density at radius 3 is 1.53 bits per heavy atom. The fourth-order valence-corrected chi connectivity index (χ4v) is 3.64. The van der Waals surface area contributed by atoms with Gasteiger partial charge in [0, 0.05) is 6.42 Å². The summed E-state index contributed by atoms with van der Waals surface area (Å²) >= 11 is 0. The molecule has 188 valence electrons. The summed E-state index contributed by atoms with van der Waals surface area (Å²) in [6, 6.07) is 15.9. The van der Waals surface area contributed by atoms with Crippen LogP contribution < -0.4 is 16.4 Å². The van der Waals surface area contributed by atoms with Crippen LogP contribution in [0, 0.1) is 0 Å². The molecule has 0 aliphatic rings. The normalized spacial score (nSPS) is 13.2. The maximum absolute atomic E-state index is 13.1. The lowest BCUT2D eigenvalue weighted by Gasteiger charge is -2.23. The molecule has 0 bridgehead atoms. The van der Waals surface area contributed by atoms with Gasteiger partial charge >= 0.3 is 0 Å². The number of aldehydes is 1. The molecule has 0 aliphatic carbocycles. The van der Waals surface area contributed by atoms with Crippen molar-refractivity contribution in [2.24, 2.45) is 5.73 Å². The molecule has 3 atom stereocenters. The maximum atomic E-state index is 13.1. The molecule has 2 amide bonds. The molecule has 0 aliphatic heterocycles. The molecule has 9 nitrogen and oxygen atoms in total. The number of hydrogen-bond acceptors (Lipinski definition) is 7. The van der Waals surface area contributed by atoms with Gasteiger partial charge in [0.05, 0.1) is 12.1 Å². The van der Waals surface area contributed by atoms with Gasteiger partial charge in [0.2, 0.25) is 11.8 Å². The van der Waals surface area contributed by atoms with E-state index in [1.54, 1.807) is 36.4 Å². The second-order valence-corrected chi connectivity index (χ2v) is 8.53. The van der Waals surface area contributed by atoms with Crippen LogP contribution in [-0.2, 0) is 33.6 Å². The molecule has 3 aromatic carbocycles. The predicted octanol–water partition coefficient (Wildman–Crippen LogP) is 1.33. The van der Waals surface area contributed by atoms with Crippen LogP contribution in [0.15, 0.2) is 72.8 Å². The van der Waals surface area contributed by atoms with Crippen molar-refractivity contribution >= 4 is 18.1 Å². The second-order valence-electron chi connectivity index (χ2n) is 8.53. The molecular formula is C27H29N3O6. The summed E-state index contributed by atoms with van der Waals surface area (Å²) < 4.78 is 0. The highest BCUT2D eigenvalue weighted by molar-refractivity contribution is 5.91. The smallest absolute Gasteiger partial charge is 0.243 e. The largest absolute Gasteiger partial charge is 0.508 e. The van der Waals surface area contributed by atoms with E-state index >= 15 is 0 Å². The van der Waals surface area contributed by atoms with Crippen LogP contribution in [0.3, 0.4) is 0 Å². The van der Waals surface area contributed by atoms with Crippen molar-refractivity contribution in [1.29, 1.82) is 0 Å². The average Bonchev–Trinajstić information content (AvgIpc) is 2.87. The Labute approximate surface area is 208 Å². The van der Waals surface area contributed by atoms with Crippen LogP contribution in [0.4, 0.5) is 0 Å². The topological polar surface area (TPSA) is 162 Å². The number of amides is 2. The highest BCUT2D eigenvalue weighted by Crippen LogP contribution is 2.14. The van der Waals surface area contributed by atoms with Crippen LogP contribution in [0.5, 0.6) is 17.2 Å². The molecule has 0 saturated heterocycles. The monoisotopic (exact) mass is 491 g/mol. The highest BCUT2D eigenvalue weighted by atomic mass is 16.3. The Bertz CT molecular complexity index is 1160. The zero-order chi connectivity index (χ0) is 26.1. The van der Waals surface area contributed by atoms with Crippen molar-refractivity contribution in [3.05, 3.63) is 89.5 Å². The molecule has 9 heteroatoms. The first-order valence-electron chi connectivity index (χ1n) is 11.4. The Hall–Kier alpha value is -4.37. The average molecular weight is 492 g/mol. The molecule has 0 radical (unpaired) electrons. The lowest BCUT2D eigenvalue weighted by atomic mass is 10.0. The number of rotatable bonds is 11. The summed E-state index contributed by atoms with van der Waals surface area (Å²) in [5.74, 6) is -0.868. The van der Waals surface area contributed by atoms with Gasteiger partial charge < -0.3 is 36.5 Å². The molecule has 0 unspecified atom stereocenters. The molecule has 0 fully saturated rings. The fraction of sp³-hybridized carbons (Fsp3) is 0.222. The zero-order valence-electron chi connectivity index (χ0n) is 19.5. The minimum absolute atomic E-state index is 0.0645. The molecule has 0 saturated carbocycles. The Morgan fingerprint density at radius 1 is 0.667 bits per heavy atom. The van der Waals surface area contributed by atoms with Gasteiger partial charge in [-0.25, -0.2) is 0 Å². The molecule has 7 N–H and O–H groups in total. The number of carbonyl (C=O) groups excluding carboxylic acids is 3. The third-order valence-corrected chi connectivity index (χ3v) is 5.62. The van der Waals surface area contributed by atoms with Crippen LogP contribution in [-0.4, -0.2) is 51.5 Å². The number of nitrogens with one attached hydrogen (secondary N) is 2. The van der Waals surface area contributed by atoms with E-state index in [9.17, 15) is 29.7 Å². The summed E-state index contributed by atoms with van der Waals surface area (Å²) in [5.41, 5.74) is 8.23. The van der Waals surface area contributed by atoms with E-state index < -0.39 is 29.9 Å². The van der Waals surface area contributed by atoms with Crippen LogP contribution in [0.1, 0.15) is 16.7 Å². The molecule has 0 aromatic heterocycles. The van der Waals surface area contributed by atoms with Crippen LogP contribution >= 0.6 is 0 Å². The summed E-state index contributed by atoms with van der Waals surface area (Å²) in [5, 5.41) is 33.8. The molecular weight excluding hydrogens is 462 g/mol. The van der Waals surface area contributed by atoms with Crippen molar-refractivity contribution in [3.8, 4) is 17.2 Å². The number of hydrogen-bond donors (Lipinski definition) is 6. The van der Waals surface area contributed by atoms with E-state index in [0.717, 1.165) is 11.1 Å². The third kappa shape index (κ3) is 7.85. The summed E-state index contributed by atoms with van der Waals surface area (Å²) in [6.07, 6.45) is 1.11. The van der Waals surface area contributed by atoms with Gasteiger partial charge in [-0.15, -0.1) is 0 Å². The number of benzene rings is 3.